The minimum Gasteiger partial charge on any atom is -0.396 e. The zero-order chi connectivity index (χ0) is 24.6. The first-order valence-electron chi connectivity index (χ1n) is 9.59. The molecule has 0 amide bonds. The average molecular weight is 503 g/mol. The van der Waals surface area contributed by atoms with E-state index in [1.165, 1.54) is 24.3 Å². The highest BCUT2D eigenvalue weighted by Gasteiger charge is 2.30. The lowest BCUT2D eigenvalue weighted by molar-refractivity contribution is -0.388. The maximum atomic E-state index is 12.8. The summed E-state index contributed by atoms with van der Waals surface area (Å²) in [6, 6.07) is 8.28. The Hall–Kier alpha value is -2.98. The minimum atomic E-state index is -4.42. The van der Waals surface area contributed by atoms with E-state index >= 15 is 0 Å². The van der Waals surface area contributed by atoms with Gasteiger partial charge in [0.1, 0.15) is 0 Å². The van der Waals surface area contributed by atoms with Crippen molar-refractivity contribution >= 4 is 31.4 Å². The molecular formula is C18H22N4O9S2. The van der Waals surface area contributed by atoms with E-state index in [-0.39, 0.29) is 13.0 Å². The third-order valence-corrected chi connectivity index (χ3v) is 7.54. The van der Waals surface area contributed by atoms with Gasteiger partial charge in [-0.1, -0.05) is 24.3 Å². The Kier molecular flexibility index (Phi) is 8.95. The lowest BCUT2D eigenvalue weighted by Crippen LogP contribution is -2.43. The maximum absolute atomic E-state index is 12.8. The van der Waals surface area contributed by atoms with Gasteiger partial charge >= 0.3 is 0 Å². The summed E-state index contributed by atoms with van der Waals surface area (Å²) < 4.78 is 55.3. The molecule has 1 unspecified atom stereocenters. The number of sulfonamides is 2. The third kappa shape index (κ3) is 7.00. The Morgan fingerprint density at radius 3 is 1.79 bits per heavy atom. The third-order valence-electron chi connectivity index (χ3n) is 4.51. The van der Waals surface area contributed by atoms with Gasteiger partial charge in [-0.3, -0.25) is 20.2 Å². The quantitative estimate of drug-likeness (QED) is 0.205. The molecule has 2 rings (SSSR count). The van der Waals surface area contributed by atoms with E-state index < -0.39 is 63.6 Å². The normalized spacial score (nSPS) is 12.9. The van der Waals surface area contributed by atoms with Gasteiger partial charge in [0.25, 0.3) is 11.4 Å². The largest absolute Gasteiger partial charge is 0.396 e. The first-order valence-corrected chi connectivity index (χ1v) is 12.6. The molecule has 0 spiro atoms. The van der Waals surface area contributed by atoms with Crippen molar-refractivity contribution in [1.29, 1.82) is 0 Å². The Bertz CT molecular complexity index is 1220. The van der Waals surface area contributed by atoms with Gasteiger partial charge in [0.2, 0.25) is 20.0 Å². The molecule has 0 saturated carbocycles. The molecule has 1 atom stereocenters. The van der Waals surface area contributed by atoms with Crippen molar-refractivity contribution in [3.8, 4) is 0 Å². The van der Waals surface area contributed by atoms with E-state index in [9.17, 15) is 37.1 Å². The molecule has 2 aromatic rings. The first kappa shape index (κ1) is 26.3. The highest BCUT2D eigenvalue weighted by Crippen LogP contribution is 2.24. The van der Waals surface area contributed by atoms with Gasteiger partial charge < -0.3 is 5.11 Å². The van der Waals surface area contributed by atoms with Crippen molar-refractivity contribution in [2.75, 3.05) is 13.2 Å². The summed E-state index contributed by atoms with van der Waals surface area (Å²) in [5.74, 6) is 0. The summed E-state index contributed by atoms with van der Waals surface area (Å²) in [5, 5.41) is 31.3. The van der Waals surface area contributed by atoms with Gasteiger partial charge in [-0.2, -0.15) is 0 Å². The van der Waals surface area contributed by atoms with Crippen molar-refractivity contribution in [2.24, 2.45) is 0 Å². The van der Waals surface area contributed by atoms with E-state index in [0.717, 1.165) is 24.3 Å². The lowest BCUT2D eigenvalue weighted by Gasteiger charge is -2.19. The lowest BCUT2D eigenvalue weighted by atomic mass is 10.1. The van der Waals surface area contributed by atoms with Crippen molar-refractivity contribution in [3.05, 3.63) is 68.8 Å². The van der Waals surface area contributed by atoms with Crippen LogP contribution in [0.15, 0.2) is 58.3 Å². The molecule has 0 radical (unpaired) electrons. The zero-order valence-corrected chi connectivity index (χ0v) is 18.8. The molecule has 0 bridgehead atoms. The smallest absolute Gasteiger partial charge is 0.289 e. The number of nitrogens with one attached hydrogen (secondary N) is 2. The number of nitrogens with zero attached hydrogens (tertiary/aromatic N) is 2. The number of rotatable bonds is 13. The topological polar surface area (TPSA) is 199 Å². The molecular weight excluding hydrogens is 480 g/mol. The fourth-order valence-corrected chi connectivity index (χ4v) is 5.64. The predicted molar refractivity (Wildman–Crippen MR) is 116 cm³/mol. The van der Waals surface area contributed by atoms with Crippen LogP contribution in [-0.2, 0) is 20.0 Å². The molecule has 0 aromatic heterocycles. The SMILES string of the molecule is O=[N+]([O-])c1ccccc1S(=O)(=O)NCC(CCCCO)NS(=O)(=O)c1ccccc1[N+](=O)[O-]. The monoisotopic (exact) mass is 502 g/mol. The average Bonchev–Trinajstić information content (AvgIpc) is 2.77. The summed E-state index contributed by atoms with van der Waals surface area (Å²) in [5.41, 5.74) is -1.30. The summed E-state index contributed by atoms with van der Waals surface area (Å²) in [6.07, 6.45) is 0.703. The van der Waals surface area contributed by atoms with Crippen LogP contribution < -0.4 is 9.44 Å². The van der Waals surface area contributed by atoms with E-state index in [0.29, 0.717) is 12.8 Å². The van der Waals surface area contributed by atoms with Crippen LogP contribution in [0.2, 0.25) is 0 Å². The zero-order valence-electron chi connectivity index (χ0n) is 17.2. The van der Waals surface area contributed by atoms with Crippen LogP contribution in [-0.4, -0.2) is 51.0 Å². The van der Waals surface area contributed by atoms with Crippen LogP contribution in [0.1, 0.15) is 19.3 Å². The maximum Gasteiger partial charge on any atom is 0.289 e. The number of hydrogen-bond acceptors (Lipinski definition) is 9. The van der Waals surface area contributed by atoms with Gasteiger partial charge in [-0.05, 0) is 31.4 Å². The second kappa shape index (κ2) is 11.2. The van der Waals surface area contributed by atoms with Gasteiger partial charge in [0.15, 0.2) is 9.79 Å². The molecule has 33 heavy (non-hydrogen) atoms. The molecule has 13 nitrogen and oxygen atoms in total. The molecule has 180 valence electrons. The van der Waals surface area contributed by atoms with Gasteiger partial charge in [0.05, 0.1) is 9.85 Å². The van der Waals surface area contributed by atoms with Crippen LogP contribution in [0, 0.1) is 20.2 Å². The number of benzene rings is 2. The summed E-state index contributed by atoms with van der Waals surface area (Å²) in [4.78, 5) is 19.5. The Balaban J connectivity index is 2.29. The number of aliphatic hydroxyl groups excluding tert-OH is 1. The molecule has 0 fully saturated rings. The number of para-hydroxylation sites is 2. The number of unbranched alkanes of at least 4 members (excludes halogenated alkanes) is 1. The Labute approximate surface area is 189 Å². The summed E-state index contributed by atoms with van der Waals surface area (Å²) >= 11 is 0. The van der Waals surface area contributed by atoms with Crippen LogP contribution >= 0.6 is 0 Å². The van der Waals surface area contributed by atoms with Crippen LogP contribution in [0.3, 0.4) is 0 Å². The van der Waals surface area contributed by atoms with Crippen molar-refractivity contribution in [2.45, 2.75) is 35.1 Å². The molecule has 2 aromatic carbocycles. The highest BCUT2D eigenvalue weighted by molar-refractivity contribution is 7.90. The highest BCUT2D eigenvalue weighted by atomic mass is 32.2. The number of aliphatic hydroxyl groups is 1. The molecule has 0 aliphatic rings. The standard InChI is InChI=1S/C18H22N4O9S2/c23-12-6-5-7-14(20-33(30,31)18-11-4-2-9-16(18)22(26)27)13-19-32(28,29)17-10-3-1-8-15(17)21(24)25/h1-4,8-11,14,19-20,23H,5-7,12-13H2. The van der Waals surface area contributed by atoms with E-state index in [1.54, 1.807) is 0 Å². The van der Waals surface area contributed by atoms with Crippen LogP contribution in [0.4, 0.5) is 11.4 Å². The van der Waals surface area contributed by atoms with Gasteiger partial charge in [-0.25, -0.2) is 26.3 Å². The van der Waals surface area contributed by atoms with Crippen LogP contribution in [0.25, 0.3) is 0 Å². The van der Waals surface area contributed by atoms with Crippen LogP contribution in [0.5, 0.6) is 0 Å². The molecule has 0 aliphatic heterocycles. The Morgan fingerprint density at radius 1 is 0.818 bits per heavy atom. The predicted octanol–water partition coefficient (Wildman–Crippen LogP) is 1.29. The second-order valence-corrected chi connectivity index (χ2v) is 10.3. The van der Waals surface area contributed by atoms with E-state index in [2.05, 4.69) is 9.44 Å². The molecule has 0 heterocycles. The fraction of sp³-hybridized carbons (Fsp3) is 0.333. The van der Waals surface area contributed by atoms with Crippen molar-refractivity contribution < 1.29 is 31.8 Å². The van der Waals surface area contributed by atoms with Gasteiger partial charge in [0, 0.05) is 31.3 Å². The van der Waals surface area contributed by atoms with E-state index in [1.807, 2.05) is 0 Å². The summed E-state index contributed by atoms with van der Waals surface area (Å²) in [7, 11) is -8.81. The number of nitro groups is 2. The molecule has 0 saturated heterocycles. The van der Waals surface area contributed by atoms with Crippen molar-refractivity contribution in [1.82, 2.24) is 9.44 Å². The first-order chi connectivity index (χ1) is 15.5. The number of nitro benzene ring substituents is 2. The summed E-state index contributed by atoms with van der Waals surface area (Å²) in [6.45, 7) is -0.661. The molecule has 3 N–H and O–H groups in total. The number of hydrogen-bond donors (Lipinski definition) is 3. The van der Waals surface area contributed by atoms with Gasteiger partial charge in [-0.15, -0.1) is 0 Å². The molecule has 15 heteroatoms. The minimum absolute atomic E-state index is 0.0832. The fourth-order valence-electron chi connectivity index (χ4n) is 2.95. The van der Waals surface area contributed by atoms with Crippen molar-refractivity contribution in [3.63, 3.8) is 0 Å². The molecule has 0 aliphatic carbocycles. The second-order valence-electron chi connectivity index (χ2n) is 6.84. The van der Waals surface area contributed by atoms with E-state index in [4.69, 9.17) is 5.11 Å². The Morgan fingerprint density at radius 2 is 1.30 bits per heavy atom.